The number of carbonyl (C=O) groups is 1. The molecule has 28 heavy (non-hydrogen) atoms. The second-order valence-corrected chi connectivity index (χ2v) is 7.65. The first kappa shape index (κ1) is 18.7. The molecule has 1 amide bonds. The zero-order chi connectivity index (χ0) is 19.7. The van der Waals surface area contributed by atoms with E-state index in [4.69, 9.17) is 0 Å². The average Bonchev–Trinajstić information content (AvgIpc) is 3.49. The van der Waals surface area contributed by atoms with Crippen molar-refractivity contribution in [1.82, 2.24) is 15.3 Å². The van der Waals surface area contributed by atoms with Crippen LogP contribution in [0.5, 0.6) is 0 Å². The van der Waals surface area contributed by atoms with Crippen LogP contribution in [0.15, 0.2) is 59.6 Å². The highest BCUT2D eigenvalue weighted by molar-refractivity contribution is 8.00. The molecule has 8 heteroatoms. The Morgan fingerprint density at radius 1 is 1.04 bits per heavy atom. The van der Waals surface area contributed by atoms with Crippen molar-refractivity contribution < 1.29 is 18.0 Å². The van der Waals surface area contributed by atoms with E-state index < -0.39 is 17.3 Å². The number of nitrogens with one attached hydrogen (secondary N) is 1. The molecule has 1 N–H and O–H groups in total. The average molecular weight is 403 g/mol. The Kier molecular flexibility index (Phi) is 4.97. The number of halogens is 3. The lowest BCUT2D eigenvalue weighted by molar-refractivity contribution is -0.145. The van der Waals surface area contributed by atoms with E-state index in [0.717, 1.165) is 24.6 Å². The van der Waals surface area contributed by atoms with Crippen LogP contribution in [0.25, 0.3) is 10.9 Å². The van der Waals surface area contributed by atoms with Gasteiger partial charge in [0.05, 0.1) is 5.52 Å². The molecule has 1 heterocycles. The Morgan fingerprint density at radius 2 is 1.71 bits per heavy atom. The lowest BCUT2D eigenvalue weighted by atomic mass is 10.1. The minimum Gasteiger partial charge on any atom is -0.352 e. The fourth-order valence-electron chi connectivity index (χ4n) is 2.78. The highest BCUT2D eigenvalue weighted by atomic mass is 32.2. The molecule has 2 aromatic carbocycles. The zero-order valence-corrected chi connectivity index (χ0v) is 15.4. The van der Waals surface area contributed by atoms with Gasteiger partial charge in [0.25, 0.3) is 0 Å². The van der Waals surface area contributed by atoms with Gasteiger partial charge in [0.1, 0.15) is 10.3 Å². The Balaban J connectivity index is 1.77. The maximum absolute atomic E-state index is 13.3. The molecule has 0 aliphatic heterocycles. The molecule has 1 aliphatic carbocycles. The first-order valence-electron chi connectivity index (χ1n) is 8.78. The third-order valence-electron chi connectivity index (χ3n) is 4.32. The van der Waals surface area contributed by atoms with Gasteiger partial charge in [-0.1, -0.05) is 60.3 Å². The van der Waals surface area contributed by atoms with Gasteiger partial charge in [0.2, 0.25) is 11.7 Å². The highest BCUT2D eigenvalue weighted by Crippen LogP contribution is 2.40. The van der Waals surface area contributed by atoms with E-state index in [9.17, 15) is 18.0 Å². The number of rotatable bonds is 5. The number of nitrogens with zero attached hydrogens (tertiary/aromatic N) is 2. The zero-order valence-electron chi connectivity index (χ0n) is 14.6. The summed E-state index contributed by atoms with van der Waals surface area (Å²) in [6.45, 7) is 0. The fraction of sp³-hybridized carbons (Fsp3) is 0.250. The molecular weight excluding hydrogens is 387 g/mol. The summed E-state index contributed by atoms with van der Waals surface area (Å²) in [7, 11) is 0. The van der Waals surface area contributed by atoms with Gasteiger partial charge in [-0.05, 0) is 24.5 Å². The Hall–Kier alpha value is -2.61. The van der Waals surface area contributed by atoms with Crippen molar-refractivity contribution >= 4 is 28.6 Å². The topological polar surface area (TPSA) is 54.9 Å². The summed E-state index contributed by atoms with van der Waals surface area (Å²) >= 11 is 1.02. The molecule has 4 nitrogen and oxygen atoms in total. The van der Waals surface area contributed by atoms with E-state index in [1.54, 1.807) is 42.5 Å². The van der Waals surface area contributed by atoms with E-state index in [1.807, 2.05) is 6.07 Å². The maximum Gasteiger partial charge on any atom is 0.451 e. The summed E-state index contributed by atoms with van der Waals surface area (Å²) in [4.78, 5) is 20.2. The Labute approximate surface area is 163 Å². The molecule has 4 rings (SSSR count). The molecule has 144 valence electrons. The third-order valence-corrected chi connectivity index (χ3v) is 5.57. The van der Waals surface area contributed by atoms with Gasteiger partial charge in [-0.2, -0.15) is 13.2 Å². The quantitative estimate of drug-likeness (QED) is 0.493. The van der Waals surface area contributed by atoms with Crippen LogP contribution in [-0.2, 0) is 11.0 Å². The summed E-state index contributed by atoms with van der Waals surface area (Å²) in [5.41, 5.74) is 0.906. The predicted octanol–water partition coefficient (Wildman–Crippen LogP) is 4.76. The number of alkyl halides is 3. The lowest BCUT2D eigenvalue weighted by Crippen LogP contribution is -2.29. The number of thioether (sulfide) groups is 1. The standard InChI is InChI=1S/C20H16F3N3OS/c21-20(22,23)19-25-15-9-5-4-8-14(15)18(26-19)28-16(12-6-2-1-3-7-12)17(27)24-13-10-11-13/h1-9,13,16H,10-11H2,(H,24,27)/t16-/m0/s1. The summed E-state index contributed by atoms with van der Waals surface area (Å²) in [5.74, 6) is -1.43. The predicted molar refractivity (Wildman–Crippen MR) is 101 cm³/mol. The molecule has 0 spiro atoms. The summed E-state index contributed by atoms with van der Waals surface area (Å²) in [6, 6.07) is 15.7. The molecule has 1 fully saturated rings. The van der Waals surface area contributed by atoms with Crippen molar-refractivity contribution in [2.24, 2.45) is 0 Å². The van der Waals surface area contributed by atoms with Gasteiger partial charge >= 0.3 is 6.18 Å². The Morgan fingerprint density at radius 3 is 2.39 bits per heavy atom. The normalized spacial score (nSPS) is 15.4. The number of hydrogen-bond acceptors (Lipinski definition) is 4. The van der Waals surface area contributed by atoms with Crippen molar-refractivity contribution in [2.45, 2.75) is 35.3 Å². The smallest absolute Gasteiger partial charge is 0.352 e. The van der Waals surface area contributed by atoms with E-state index >= 15 is 0 Å². The molecule has 1 saturated carbocycles. The number of carbonyl (C=O) groups excluding carboxylic acids is 1. The van der Waals surface area contributed by atoms with Crippen LogP contribution in [0.2, 0.25) is 0 Å². The molecular formula is C20H16F3N3OS. The minimum atomic E-state index is -4.67. The fourth-order valence-corrected chi connectivity index (χ4v) is 3.91. The van der Waals surface area contributed by atoms with Gasteiger partial charge in [-0.25, -0.2) is 9.97 Å². The molecule has 1 atom stereocenters. The molecule has 0 unspecified atom stereocenters. The summed E-state index contributed by atoms with van der Waals surface area (Å²) in [6.07, 6.45) is -2.82. The van der Waals surface area contributed by atoms with Crippen molar-refractivity contribution in [2.75, 3.05) is 0 Å². The second-order valence-electron chi connectivity index (χ2n) is 6.56. The van der Waals surface area contributed by atoms with E-state index in [2.05, 4.69) is 15.3 Å². The van der Waals surface area contributed by atoms with E-state index in [-0.39, 0.29) is 22.5 Å². The van der Waals surface area contributed by atoms with Gasteiger partial charge in [-0.15, -0.1) is 0 Å². The lowest BCUT2D eigenvalue weighted by Gasteiger charge is -2.18. The maximum atomic E-state index is 13.3. The molecule has 0 bridgehead atoms. The summed E-state index contributed by atoms with van der Waals surface area (Å²) < 4.78 is 39.8. The van der Waals surface area contributed by atoms with Crippen LogP contribution in [0, 0.1) is 0 Å². The van der Waals surface area contributed by atoms with Crippen molar-refractivity contribution in [3.8, 4) is 0 Å². The van der Waals surface area contributed by atoms with Crippen molar-refractivity contribution in [1.29, 1.82) is 0 Å². The van der Waals surface area contributed by atoms with Crippen LogP contribution < -0.4 is 5.32 Å². The van der Waals surface area contributed by atoms with Gasteiger partial charge in [0.15, 0.2) is 0 Å². The van der Waals surface area contributed by atoms with Crippen LogP contribution >= 0.6 is 11.8 Å². The molecule has 3 aromatic rings. The van der Waals surface area contributed by atoms with Crippen LogP contribution in [0.3, 0.4) is 0 Å². The first-order chi connectivity index (χ1) is 13.4. The number of hydrogen-bond donors (Lipinski definition) is 1. The molecule has 1 aliphatic rings. The molecule has 1 aromatic heterocycles. The Bertz CT molecular complexity index is 1010. The van der Waals surface area contributed by atoms with E-state index in [1.165, 1.54) is 6.07 Å². The summed E-state index contributed by atoms with van der Waals surface area (Å²) in [5, 5.41) is 2.86. The van der Waals surface area contributed by atoms with Gasteiger partial charge in [-0.3, -0.25) is 4.79 Å². The van der Waals surface area contributed by atoms with Crippen LogP contribution in [-0.4, -0.2) is 21.9 Å². The molecule has 0 saturated heterocycles. The number of benzene rings is 2. The number of amides is 1. The van der Waals surface area contributed by atoms with Crippen LogP contribution in [0.1, 0.15) is 29.5 Å². The number of aromatic nitrogens is 2. The number of para-hydroxylation sites is 1. The molecule has 0 radical (unpaired) electrons. The van der Waals surface area contributed by atoms with Gasteiger partial charge < -0.3 is 5.32 Å². The minimum absolute atomic E-state index is 0.137. The van der Waals surface area contributed by atoms with Crippen molar-refractivity contribution in [3.05, 3.63) is 66.0 Å². The highest BCUT2D eigenvalue weighted by Gasteiger charge is 2.36. The number of fused-ring (bicyclic) bond motifs is 1. The second kappa shape index (κ2) is 7.43. The first-order valence-corrected chi connectivity index (χ1v) is 9.66. The van der Waals surface area contributed by atoms with E-state index in [0.29, 0.717) is 10.9 Å². The van der Waals surface area contributed by atoms with Crippen molar-refractivity contribution in [3.63, 3.8) is 0 Å². The monoisotopic (exact) mass is 403 g/mol. The van der Waals surface area contributed by atoms with Crippen LogP contribution in [0.4, 0.5) is 13.2 Å². The third kappa shape index (κ3) is 4.11. The van der Waals surface area contributed by atoms with Gasteiger partial charge in [0, 0.05) is 11.4 Å². The SMILES string of the molecule is O=C(NC1CC1)[C@@H](Sc1nc(C(F)(F)F)nc2ccccc12)c1ccccc1. The largest absolute Gasteiger partial charge is 0.451 e.